The number of carbonyl (C=O) groups excluding carboxylic acids is 2. The molecule has 1 aromatic carbocycles. The molecule has 2 rings (SSSR count). The summed E-state index contributed by atoms with van der Waals surface area (Å²) < 4.78 is 16.7. The molecular weight excluding hydrogens is 382 g/mol. The Balaban J connectivity index is 1.88. The monoisotopic (exact) mass is 405 g/mol. The molecule has 2 aromatic rings. The van der Waals surface area contributed by atoms with Gasteiger partial charge in [-0.1, -0.05) is 30.3 Å². The van der Waals surface area contributed by atoms with E-state index >= 15 is 0 Å². The quantitative estimate of drug-likeness (QED) is 0.317. The van der Waals surface area contributed by atoms with Gasteiger partial charge in [0.2, 0.25) is 5.82 Å². The Labute approximate surface area is 167 Å². The molecule has 0 radical (unpaired) electrons. The Bertz CT molecular complexity index is 836. The van der Waals surface area contributed by atoms with Crippen LogP contribution in [0.15, 0.2) is 36.5 Å². The summed E-state index contributed by atoms with van der Waals surface area (Å²) in [7, 11) is 0. The molecular formula is C19H23N3O7. The van der Waals surface area contributed by atoms with E-state index in [1.165, 1.54) is 0 Å². The molecule has 29 heavy (non-hydrogen) atoms. The lowest BCUT2D eigenvalue weighted by Crippen LogP contribution is -2.20. The standard InChI is InChI=1S/C19H23N3O7/c1-3-27-19(24)11-21-16(20-10-17(21)22(25)26)13-28-14(2)9-18(23)29-12-15-7-5-4-6-8-15/h4-8,10,14H,3,9,11-13H2,1-2H3/t14-/m0/s1. The molecule has 156 valence electrons. The smallest absolute Gasteiger partial charge is 0.348 e. The SMILES string of the molecule is CCOC(=O)Cn1c([N+](=O)[O-])cnc1CO[C@@H](C)CC(=O)OCc1ccccc1. The maximum atomic E-state index is 11.9. The number of imidazole rings is 1. The van der Waals surface area contributed by atoms with Gasteiger partial charge in [-0.15, -0.1) is 0 Å². The molecule has 10 nitrogen and oxygen atoms in total. The van der Waals surface area contributed by atoms with Crippen LogP contribution in [0.3, 0.4) is 0 Å². The van der Waals surface area contributed by atoms with Crippen LogP contribution in [0.4, 0.5) is 5.82 Å². The minimum absolute atomic E-state index is 0.00745. The largest absolute Gasteiger partial charge is 0.463 e. The van der Waals surface area contributed by atoms with Gasteiger partial charge in [-0.2, -0.15) is 4.57 Å². The van der Waals surface area contributed by atoms with Crippen molar-refractivity contribution in [3.63, 3.8) is 0 Å². The van der Waals surface area contributed by atoms with Crippen LogP contribution in [0.25, 0.3) is 0 Å². The molecule has 0 aliphatic heterocycles. The summed E-state index contributed by atoms with van der Waals surface area (Å²) in [4.78, 5) is 38.1. The number of ether oxygens (including phenoxy) is 3. The Hall–Kier alpha value is -3.27. The first-order valence-electron chi connectivity index (χ1n) is 9.06. The summed E-state index contributed by atoms with van der Waals surface area (Å²) in [6.07, 6.45) is 0.551. The molecule has 1 heterocycles. The van der Waals surface area contributed by atoms with Gasteiger partial charge in [0, 0.05) is 0 Å². The number of hydrogen-bond acceptors (Lipinski definition) is 8. The van der Waals surface area contributed by atoms with Crippen LogP contribution in [0.2, 0.25) is 0 Å². The van der Waals surface area contributed by atoms with E-state index in [1.54, 1.807) is 13.8 Å². The fourth-order valence-corrected chi connectivity index (χ4v) is 2.48. The fourth-order valence-electron chi connectivity index (χ4n) is 2.48. The van der Waals surface area contributed by atoms with Gasteiger partial charge in [-0.3, -0.25) is 4.79 Å². The average molecular weight is 405 g/mol. The summed E-state index contributed by atoms with van der Waals surface area (Å²) in [5, 5.41) is 11.1. The highest BCUT2D eigenvalue weighted by Crippen LogP contribution is 2.16. The van der Waals surface area contributed by atoms with Crippen molar-refractivity contribution in [3.05, 3.63) is 58.0 Å². The summed E-state index contributed by atoms with van der Waals surface area (Å²) in [6, 6.07) is 9.28. The van der Waals surface area contributed by atoms with E-state index in [9.17, 15) is 19.7 Å². The molecule has 0 aliphatic rings. The van der Waals surface area contributed by atoms with Crippen molar-refractivity contribution < 1.29 is 28.7 Å². The Kier molecular flexibility index (Phi) is 8.28. The van der Waals surface area contributed by atoms with Crippen LogP contribution in [0, 0.1) is 10.1 Å². The topological polar surface area (TPSA) is 123 Å². The molecule has 1 aromatic heterocycles. The van der Waals surface area contributed by atoms with E-state index in [2.05, 4.69) is 4.98 Å². The first kappa shape index (κ1) is 22.0. The number of esters is 2. The molecule has 0 unspecified atom stereocenters. The fraction of sp³-hybridized carbons (Fsp3) is 0.421. The summed E-state index contributed by atoms with van der Waals surface area (Å²) in [5.41, 5.74) is 0.878. The second-order valence-electron chi connectivity index (χ2n) is 6.15. The highest BCUT2D eigenvalue weighted by molar-refractivity contribution is 5.70. The lowest BCUT2D eigenvalue weighted by Gasteiger charge is -2.12. The van der Waals surface area contributed by atoms with Gasteiger partial charge in [-0.05, 0) is 24.3 Å². The first-order valence-corrected chi connectivity index (χ1v) is 9.06. The van der Waals surface area contributed by atoms with Crippen molar-refractivity contribution >= 4 is 17.8 Å². The molecule has 0 amide bonds. The lowest BCUT2D eigenvalue weighted by molar-refractivity contribution is -0.392. The van der Waals surface area contributed by atoms with Crippen molar-refractivity contribution in [2.24, 2.45) is 0 Å². The first-order chi connectivity index (χ1) is 13.9. The molecule has 0 bridgehead atoms. The molecule has 0 N–H and O–H groups in total. The van der Waals surface area contributed by atoms with Gasteiger partial charge in [0.15, 0.2) is 6.54 Å². The van der Waals surface area contributed by atoms with Gasteiger partial charge in [-0.25, -0.2) is 9.78 Å². The van der Waals surface area contributed by atoms with Crippen molar-refractivity contribution in [2.75, 3.05) is 6.61 Å². The number of hydrogen-bond donors (Lipinski definition) is 0. The van der Waals surface area contributed by atoms with E-state index in [0.717, 1.165) is 16.3 Å². The third-order valence-electron chi connectivity index (χ3n) is 3.89. The second kappa shape index (κ2) is 10.9. The number of aromatic nitrogens is 2. The molecule has 10 heteroatoms. The van der Waals surface area contributed by atoms with Crippen LogP contribution >= 0.6 is 0 Å². The predicted octanol–water partition coefficient (Wildman–Crippen LogP) is 2.39. The Morgan fingerprint density at radius 3 is 2.55 bits per heavy atom. The van der Waals surface area contributed by atoms with Gasteiger partial charge < -0.3 is 24.3 Å². The molecule has 0 saturated heterocycles. The molecule has 1 atom stereocenters. The lowest BCUT2D eigenvalue weighted by atomic mass is 10.2. The van der Waals surface area contributed by atoms with Crippen LogP contribution in [0.5, 0.6) is 0 Å². The summed E-state index contributed by atoms with van der Waals surface area (Å²) >= 11 is 0. The third-order valence-corrected chi connectivity index (χ3v) is 3.89. The average Bonchev–Trinajstić information content (AvgIpc) is 3.08. The van der Waals surface area contributed by atoms with E-state index in [1.807, 2.05) is 30.3 Å². The summed E-state index contributed by atoms with van der Waals surface area (Å²) in [6.45, 7) is 3.19. The van der Waals surface area contributed by atoms with Crippen LogP contribution in [-0.2, 0) is 43.6 Å². The van der Waals surface area contributed by atoms with E-state index in [0.29, 0.717) is 0 Å². The Morgan fingerprint density at radius 2 is 1.90 bits per heavy atom. The number of nitro groups is 1. The Morgan fingerprint density at radius 1 is 1.17 bits per heavy atom. The van der Waals surface area contributed by atoms with Gasteiger partial charge in [0.1, 0.15) is 19.4 Å². The molecule has 0 saturated carbocycles. The normalized spacial score (nSPS) is 11.7. The highest BCUT2D eigenvalue weighted by Gasteiger charge is 2.24. The number of carbonyl (C=O) groups is 2. The maximum absolute atomic E-state index is 11.9. The number of nitrogens with zero attached hydrogens (tertiary/aromatic N) is 3. The third kappa shape index (κ3) is 7.00. The van der Waals surface area contributed by atoms with Crippen LogP contribution in [0.1, 0.15) is 31.7 Å². The number of rotatable bonds is 11. The minimum atomic E-state index is -0.639. The van der Waals surface area contributed by atoms with Crippen molar-refractivity contribution in [1.29, 1.82) is 0 Å². The van der Waals surface area contributed by atoms with Gasteiger partial charge >= 0.3 is 17.8 Å². The van der Waals surface area contributed by atoms with Gasteiger partial charge in [0.05, 0.1) is 19.1 Å². The van der Waals surface area contributed by atoms with E-state index in [-0.39, 0.29) is 44.4 Å². The van der Waals surface area contributed by atoms with E-state index in [4.69, 9.17) is 14.2 Å². The van der Waals surface area contributed by atoms with Crippen molar-refractivity contribution in [3.8, 4) is 0 Å². The maximum Gasteiger partial charge on any atom is 0.348 e. The highest BCUT2D eigenvalue weighted by atomic mass is 16.6. The molecule has 0 fully saturated rings. The van der Waals surface area contributed by atoms with Crippen LogP contribution < -0.4 is 0 Å². The van der Waals surface area contributed by atoms with Crippen molar-refractivity contribution in [2.45, 2.75) is 46.1 Å². The zero-order valence-electron chi connectivity index (χ0n) is 16.3. The van der Waals surface area contributed by atoms with Crippen molar-refractivity contribution in [1.82, 2.24) is 9.55 Å². The number of benzene rings is 1. The molecule has 0 spiro atoms. The van der Waals surface area contributed by atoms with E-state index < -0.39 is 23.0 Å². The zero-order valence-corrected chi connectivity index (χ0v) is 16.3. The van der Waals surface area contributed by atoms with Crippen LogP contribution in [-0.4, -0.2) is 39.1 Å². The minimum Gasteiger partial charge on any atom is -0.463 e. The zero-order chi connectivity index (χ0) is 21.2. The summed E-state index contributed by atoms with van der Waals surface area (Å²) in [5.74, 6) is -1.20. The predicted molar refractivity (Wildman–Crippen MR) is 101 cm³/mol. The van der Waals surface area contributed by atoms with Gasteiger partial charge in [0.25, 0.3) is 0 Å². The molecule has 0 aliphatic carbocycles. The second-order valence-corrected chi connectivity index (χ2v) is 6.15.